The van der Waals surface area contributed by atoms with Crippen molar-refractivity contribution < 1.29 is 14.3 Å². The van der Waals surface area contributed by atoms with E-state index in [9.17, 15) is 14.3 Å². The molecule has 1 saturated carbocycles. The van der Waals surface area contributed by atoms with Gasteiger partial charge in [-0.2, -0.15) is 15.1 Å². The van der Waals surface area contributed by atoms with Gasteiger partial charge in [0.2, 0.25) is 5.95 Å². The number of hydrogen-bond acceptors (Lipinski definition) is 8. The lowest BCUT2D eigenvalue weighted by atomic mass is 9.86. The number of benzene rings is 1. The van der Waals surface area contributed by atoms with Gasteiger partial charge in [-0.25, -0.2) is 4.39 Å². The van der Waals surface area contributed by atoms with Gasteiger partial charge in [0, 0.05) is 30.6 Å². The highest BCUT2D eigenvalue weighted by atomic mass is 19.1. The molecule has 10 nitrogen and oxygen atoms in total. The Kier molecular flexibility index (Phi) is 7.48. The number of nitrogens with one attached hydrogen (secondary N) is 3. The molecular formula is C29H35FN8O2. The molecular weight excluding hydrogens is 511 g/mol. The van der Waals surface area contributed by atoms with Crippen molar-refractivity contribution >= 4 is 34.3 Å². The molecule has 1 saturated heterocycles. The van der Waals surface area contributed by atoms with Crippen LogP contribution in [0.4, 0.5) is 21.8 Å². The molecule has 0 spiro atoms. The predicted molar refractivity (Wildman–Crippen MR) is 151 cm³/mol. The normalized spacial score (nSPS) is 20.6. The molecule has 6 rings (SSSR count). The number of likely N-dealkylation sites (tertiary alicyclic amines) is 1. The molecule has 0 unspecified atom stereocenters. The number of hydrogen-bond donors (Lipinski definition) is 4. The summed E-state index contributed by atoms with van der Waals surface area (Å²) >= 11 is 0. The number of aliphatic hydroxyl groups excluding tert-OH is 1. The average molecular weight is 547 g/mol. The van der Waals surface area contributed by atoms with Crippen LogP contribution in [0.1, 0.15) is 60.5 Å². The Morgan fingerprint density at radius 1 is 1.10 bits per heavy atom. The quantitative estimate of drug-likeness (QED) is 0.238. The fourth-order valence-corrected chi connectivity index (χ4v) is 5.80. The molecule has 11 heteroatoms. The number of carbonyl (C=O) groups excluding carboxylic acids is 1. The Labute approximate surface area is 232 Å². The number of anilines is 3. The third-order valence-corrected chi connectivity index (χ3v) is 8.25. The van der Waals surface area contributed by atoms with Gasteiger partial charge in [-0.3, -0.25) is 9.48 Å². The summed E-state index contributed by atoms with van der Waals surface area (Å²) in [4.78, 5) is 28.4. The van der Waals surface area contributed by atoms with E-state index >= 15 is 0 Å². The minimum atomic E-state index is -0.394. The Morgan fingerprint density at radius 2 is 1.85 bits per heavy atom. The molecule has 0 radical (unpaired) electrons. The van der Waals surface area contributed by atoms with E-state index in [1.54, 1.807) is 12.4 Å². The largest absolute Gasteiger partial charge is 0.396 e. The zero-order valence-corrected chi connectivity index (χ0v) is 22.6. The second-order valence-electron chi connectivity index (χ2n) is 11.1. The van der Waals surface area contributed by atoms with Crippen molar-refractivity contribution in [1.29, 1.82) is 0 Å². The number of rotatable bonds is 8. The molecule has 2 fully saturated rings. The van der Waals surface area contributed by atoms with E-state index in [1.807, 2.05) is 10.9 Å². The van der Waals surface area contributed by atoms with Gasteiger partial charge >= 0.3 is 0 Å². The highest BCUT2D eigenvalue weighted by molar-refractivity contribution is 6.18. The molecule has 0 bridgehead atoms. The first-order valence-electron chi connectivity index (χ1n) is 14.0. The molecule has 1 aliphatic carbocycles. The van der Waals surface area contributed by atoms with Crippen LogP contribution in [0.3, 0.4) is 0 Å². The maximum absolute atomic E-state index is 13.5. The van der Waals surface area contributed by atoms with E-state index in [4.69, 9.17) is 4.98 Å². The number of piperidine rings is 1. The second-order valence-corrected chi connectivity index (χ2v) is 11.1. The van der Waals surface area contributed by atoms with Crippen molar-refractivity contribution in [3.05, 3.63) is 59.8 Å². The molecule has 0 amide bonds. The number of ketones is 1. The summed E-state index contributed by atoms with van der Waals surface area (Å²) in [5, 5.41) is 21.6. The molecule has 4 heterocycles. The van der Waals surface area contributed by atoms with Crippen LogP contribution in [0.2, 0.25) is 0 Å². The minimum Gasteiger partial charge on any atom is -0.396 e. The predicted octanol–water partition coefficient (Wildman–Crippen LogP) is 4.50. The Bertz CT molecular complexity index is 1470. The number of aromatic nitrogens is 5. The van der Waals surface area contributed by atoms with Crippen LogP contribution < -0.4 is 10.6 Å². The first-order chi connectivity index (χ1) is 19.5. The van der Waals surface area contributed by atoms with E-state index in [0.717, 1.165) is 57.3 Å². The zero-order chi connectivity index (χ0) is 27.6. The van der Waals surface area contributed by atoms with Gasteiger partial charge in [-0.05, 0) is 88.8 Å². The van der Waals surface area contributed by atoms with Gasteiger partial charge in [-0.15, -0.1) is 0 Å². The number of carbonyl (C=O) groups is 1. The fraction of sp³-hybridized carbons (Fsp3) is 0.448. The maximum atomic E-state index is 13.5. The van der Waals surface area contributed by atoms with Gasteiger partial charge in [-0.1, -0.05) is 0 Å². The van der Waals surface area contributed by atoms with Crippen LogP contribution in [-0.2, 0) is 0 Å². The average Bonchev–Trinajstić information content (AvgIpc) is 3.61. The molecule has 40 heavy (non-hydrogen) atoms. The van der Waals surface area contributed by atoms with Crippen molar-refractivity contribution in [3.8, 4) is 0 Å². The summed E-state index contributed by atoms with van der Waals surface area (Å²) in [5.74, 6) is 0.653. The lowest BCUT2D eigenvalue weighted by Gasteiger charge is -2.29. The Hall–Kier alpha value is -3.83. The molecule has 210 valence electrons. The Balaban J connectivity index is 1.30. The van der Waals surface area contributed by atoms with E-state index in [2.05, 4.69) is 37.6 Å². The lowest BCUT2D eigenvalue weighted by Crippen LogP contribution is -2.31. The Morgan fingerprint density at radius 3 is 2.58 bits per heavy atom. The standard InChI is InChI=1S/C29H35FN8O2/c1-37-12-10-23(11-13-37)38-16-22(14-32-38)34-29-35-27-25(28(36-29)33-21-8-2-18(17-39)3-9-21)24(15-31-27)26(40)19-4-6-20(30)7-5-19/h4-7,14-16,18,21,23,39H,2-3,8-13,17H2,1H3,(H3,31,33,34,35,36). The summed E-state index contributed by atoms with van der Waals surface area (Å²) in [6.45, 7) is 2.31. The number of halogens is 1. The van der Waals surface area contributed by atoms with Crippen molar-refractivity contribution in [2.75, 3.05) is 37.4 Å². The molecule has 1 aromatic carbocycles. The third kappa shape index (κ3) is 5.57. The van der Waals surface area contributed by atoms with E-state index in [-0.39, 0.29) is 18.4 Å². The maximum Gasteiger partial charge on any atom is 0.231 e. The van der Waals surface area contributed by atoms with Crippen LogP contribution in [-0.4, -0.2) is 73.3 Å². The first-order valence-corrected chi connectivity index (χ1v) is 14.0. The van der Waals surface area contributed by atoms with Crippen LogP contribution in [0.25, 0.3) is 11.0 Å². The lowest BCUT2D eigenvalue weighted by molar-refractivity contribution is 0.104. The number of nitrogens with zero attached hydrogens (tertiary/aromatic N) is 5. The second kappa shape index (κ2) is 11.3. The van der Waals surface area contributed by atoms with Crippen molar-refractivity contribution in [3.63, 3.8) is 0 Å². The van der Waals surface area contributed by atoms with Gasteiger partial charge < -0.3 is 25.6 Å². The van der Waals surface area contributed by atoms with Crippen molar-refractivity contribution in [2.45, 2.75) is 50.6 Å². The summed E-state index contributed by atoms with van der Waals surface area (Å²) in [6.07, 6.45) is 11.2. The van der Waals surface area contributed by atoms with Gasteiger partial charge in [0.15, 0.2) is 5.78 Å². The summed E-state index contributed by atoms with van der Waals surface area (Å²) in [6, 6.07) is 6.06. The van der Waals surface area contributed by atoms with Gasteiger partial charge in [0.1, 0.15) is 17.3 Å². The topological polar surface area (TPSA) is 124 Å². The zero-order valence-electron chi connectivity index (χ0n) is 22.6. The van der Waals surface area contributed by atoms with Crippen LogP contribution in [0.15, 0.2) is 42.9 Å². The summed E-state index contributed by atoms with van der Waals surface area (Å²) < 4.78 is 15.5. The molecule has 4 N–H and O–H groups in total. The number of fused-ring (bicyclic) bond motifs is 1. The van der Waals surface area contributed by atoms with Crippen molar-refractivity contribution in [2.24, 2.45) is 5.92 Å². The smallest absolute Gasteiger partial charge is 0.231 e. The summed E-state index contributed by atoms with van der Waals surface area (Å²) in [7, 11) is 2.14. The minimum absolute atomic E-state index is 0.157. The van der Waals surface area contributed by atoms with Gasteiger partial charge in [0.25, 0.3) is 0 Å². The molecule has 3 aromatic heterocycles. The monoisotopic (exact) mass is 546 g/mol. The van der Waals surface area contributed by atoms with E-state index in [1.165, 1.54) is 24.3 Å². The van der Waals surface area contributed by atoms with Crippen LogP contribution in [0.5, 0.6) is 0 Å². The van der Waals surface area contributed by atoms with E-state index < -0.39 is 5.82 Å². The molecule has 1 aliphatic heterocycles. The molecule has 2 aliphatic rings. The molecule has 0 atom stereocenters. The van der Waals surface area contributed by atoms with Crippen molar-refractivity contribution in [1.82, 2.24) is 29.6 Å². The SMILES string of the molecule is CN1CCC(n2cc(Nc3nc(NC4CCC(CO)CC4)c4c(C(=O)c5ccc(F)cc5)c[nH]c4n3)cn2)CC1. The third-order valence-electron chi connectivity index (χ3n) is 8.25. The number of aliphatic hydroxyl groups is 1. The van der Waals surface area contributed by atoms with Gasteiger partial charge in [0.05, 0.1) is 28.9 Å². The number of H-pyrrole nitrogens is 1. The highest BCUT2D eigenvalue weighted by Crippen LogP contribution is 2.32. The van der Waals surface area contributed by atoms with E-state index in [0.29, 0.717) is 45.9 Å². The highest BCUT2D eigenvalue weighted by Gasteiger charge is 2.25. The first kappa shape index (κ1) is 26.4. The van der Waals surface area contributed by atoms with Crippen LogP contribution in [0, 0.1) is 11.7 Å². The van der Waals surface area contributed by atoms with Crippen LogP contribution >= 0.6 is 0 Å². The summed E-state index contributed by atoms with van der Waals surface area (Å²) in [5.41, 5.74) is 2.13. The fourth-order valence-electron chi connectivity index (χ4n) is 5.80. The number of aromatic amines is 1. The molecule has 4 aromatic rings.